The fraction of sp³-hybridized carbons (Fsp3) is 0.261. The van der Waals surface area contributed by atoms with E-state index < -0.39 is 0 Å². The number of benzene rings is 1. The molecule has 136 valence electrons. The maximum atomic E-state index is 4.87. The molecule has 27 heavy (non-hydrogen) atoms. The quantitative estimate of drug-likeness (QED) is 0.472. The van der Waals surface area contributed by atoms with Crippen LogP contribution in [-0.4, -0.2) is 28.0 Å². The van der Waals surface area contributed by atoms with Crippen molar-refractivity contribution in [2.24, 2.45) is 0 Å². The number of pyridine rings is 1. The van der Waals surface area contributed by atoms with Crippen LogP contribution in [0, 0.1) is 13.8 Å². The summed E-state index contributed by atoms with van der Waals surface area (Å²) < 4.78 is 2.38. The molecule has 0 unspecified atom stereocenters. The second kappa shape index (κ2) is 6.32. The van der Waals surface area contributed by atoms with Crippen molar-refractivity contribution >= 4 is 22.2 Å². The molecule has 3 aromatic heterocycles. The summed E-state index contributed by atoms with van der Waals surface area (Å²) in [7, 11) is 2.21. The van der Waals surface area contributed by atoms with E-state index in [-0.39, 0.29) is 0 Å². The standard InChI is InChI=1S/C23H23N3S/c1-15-4-6-20-18(12-15)19-14-25(3)10-8-21(19)26(20)22-7-5-17(13-24-22)23-16(2)9-11-27-23/h4-7,9,11-13H,8,10,14H2,1-3H3. The van der Waals surface area contributed by atoms with Crippen LogP contribution in [0.15, 0.2) is 48.0 Å². The van der Waals surface area contributed by atoms with E-state index in [1.54, 1.807) is 11.3 Å². The van der Waals surface area contributed by atoms with E-state index >= 15 is 0 Å². The zero-order chi connectivity index (χ0) is 18.5. The van der Waals surface area contributed by atoms with Crippen molar-refractivity contribution in [3.63, 3.8) is 0 Å². The summed E-state index contributed by atoms with van der Waals surface area (Å²) in [5.74, 6) is 1.02. The van der Waals surface area contributed by atoms with Crippen LogP contribution >= 0.6 is 11.3 Å². The van der Waals surface area contributed by atoms with Crippen molar-refractivity contribution in [3.8, 4) is 16.3 Å². The molecule has 4 aromatic rings. The molecule has 0 spiro atoms. The first kappa shape index (κ1) is 16.7. The van der Waals surface area contributed by atoms with E-state index in [9.17, 15) is 0 Å². The Balaban J connectivity index is 1.68. The first-order valence-electron chi connectivity index (χ1n) is 9.44. The number of rotatable bonds is 2. The topological polar surface area (TPSA) is 21.1 Å². The monoisotopic (exact) mass is 373 g/mol. The van der Waals surface area contributed by atoms with Gasteiger partial charge in [0.2, 0.25) is 0 Å². The minimum absolute atomic E-state index is 1.01. The number of likely N-dealkylation sites (N-methyl/N-ethyl adjacent to an activating group) is 1. The van der Waals surface area contributed by atoms with E-state index in [1.165, 1.54) is 43.7 Å². The lowest BCUT2D eigenvalue weighted by molar-refractivity contribution is 0.311. The molecule has 0 aliphatic carbocycles. The highest BCUT2D eigenvalue weighted by atomic mass is 32.1. The number of hydrogen-bond donors (Lipinski definition) is 0. The van der Waals surface area contributed by atoms with Gasteiger partial charge in [-0.2, -0.15) is 0 Å². The summed E-state index contributed by atoms with van der Waals surface area (Å²) in [6.07, 6.45) is 3.09. The average Bonchev–Trinajstić information content (AvgIpc) is 3.23. The zero-order valence-electron chi connectivity index (χ0n) is 16.0. The Kier molecular flexibility index (Phi) is 3.92. The average molecular weight is 374 g/mol. The third kappa shape index (κ3) is 2.71. The second-order valence-corrected chi connectivity index (χ2v) is 8.52. The highest BCUT2D eigenvalue weighted by molar-refractivity contribution is 7.13. The lowest BCUT2D eigenvalue weighted by Gasteiger charge is -2.24. The number of aryl methyl sites for hydroxylation is 2. The number of fused-ring (bicyclic) bond motifs is 3. The molecule has 0 saturated carbocycles. The number of thiophene rings is 1. The van der Waals surface area contributed by atoms with Crippen LogP contribution in [0.3, 0.4) is 0 Å². The van der Waals surface area contributed by atoms with Crippen LogP contribution in [-0.2, 0) is 13.0 Å². The highest BCUT2D eigenvalue weighted by Gasteiger charge is 2.23. The normalized spacial score (nSPS) is 14.6. The van der Waals surface area contributed by atoms with E-state index in [0.29, 0.717) is 0 Å². The first-order valence-corrected chi connectivity index (χ1v) is 10.3. The van der Waals surface area contributed by atoms with E-state index in [4.69, 9.17) is 4.98 Å². The van der Waals surface area contributed by atoms with Gasteiger partial charge < -0.3 is 4.90 Å². The van der Waals surface area contributed by atoms with Gasteiger partial charge in [0.15, 0.2) is 0 Å². The van der Waals surface area contributed by atoms with E-state index in [2.05, 4.69) is 72.1 Å². The summed E-state index contributed by atoms with van der Waals surface area (Å²) in [6, 6.07) is 13.3. The SMILES string of the molecule is Cc1ccc2c(c1)c1c(n2-c2ccc(-c3sccc3C)cn2)CCN(C)C1. The molecule has 1 aromatic carbocycles. The van der Waals surface area contributed by atoms with Crippen LogP contribution in [0.1, 0.15) is 22.4 Å². The van der Waals surface area contributed by atoms with Crippen molar-refractivity contribution in [3.05, 3.63) is 70.4 Å². The lowest BCUT2D eigenvalue weighted by Crippen LogP contribution is -2.27. The molecule has 5 rings (SSSR count). The summed E-state index contributed by atoms with van der Waals surface area (Å²) >= 11 is 1.78. The molecule has 0 radical (unpaired) electrons. The second-order valence-electron chi connectivity index (χ2n) is 7.61. The fourth-order valence-electron chi connectivity index (χ4n) is 4.19. The molecule has 0 fully saturated rings. The van der Waals surface area contributed by atoms with Gasteiger partial charge in [-0.3, -0.25) is 4.57 Å². The molecular formula is C23H23N3S. The Morgan fingerprint density at radius 1 is 1.07 bits per heavy atom. The van der Waals surface area contributed by atoms with Crippen molar-refractivity contribution < 1.29 is 0 Å². The van der Waals surface area contributed by atoms with Gasteiger partial charge in [0, 0.05) is 47.2 Å². The molecule has 0 N–H and O–H groups in total. The van der Waals surface area contributed by atoms with Gasteiger partial charge in [-0.05, 0) is 67.7 Å². The third-order valence-corrected chi connectivity index (χ3v) is 6.66. The Morgan fingerprint density at radius 3 is 2.70 bits per heavy atom. The van der Waals surface area contributed by atoms with Crippen molar-refractivity contribution in [1.82, 2.24) is 14.5 Å². The number of aromatic nitrogens is 2. The Morgan fingerprint density at radius 2 is 1.96 bits per heavy atom. The molecule has 4 heteroatoms. The molecule has 0 atom stereocenters. The zero-order valence-corrected chi connectivity index (χ0v) is 16.8. The van der Waals surface area contributed by atoms with Gasteiger partial charge in [0.1, 0.15) is 5.82 Å². The van der Waals surface area contributed by atoms with Gasteiger partial charge in [-0.1, -0.05) is 11.6 Å². The molecule has 1 aliphatic heterocycles. The Bertz CT molecular complexity index is 1130. The van der Waals surface area contributed by atoms with Gasteiger partial charge in [0.05, 0.1) is 5.52 Å². The van der Waals surface area contributed by atoms with Crippen molar-refractivity contribution in [2.45, 2.75) is 26.8 Å². The molecular weight excluding hydrogens is 350 g/mol. The lowest BCUT2D eigenvalue weighted by atomic mass is 10.0. The van der Waals surface area contributed by atoms with Crippen LogP contribution in [0.5, 0.6) is 0 Å². The maximum Gasteiger partial charge on any atom is 0.137 e. The minimum atomic E-state index is 1.01. The summed E-state index contributed by atoms with van der Waals surface area (Å²) in [5, 5.41) is 3.52. The van der Waals surface area contributed by atoms with Crippen LogP contribution < -0.4 is 0 Å². The number of hydrogen-bond acceptors (Lipinski definition) is 3. The molecule has 3 nitrogen and oxygen atoms in total. The Labute approximate surface area is 163 Å². The smallest absolute Gasteiger partial charge is 0.137 e. The number of nitrogens with zero attached hydrogens (tertiary/aromatic N) is 3. The van der Waals surface area contributed by atoms with Gasteiger partial charge in [-0.25, -0.2) is 4.98 Å². The fourth-order valence-corrected chi connectivity index (χ4v) is 5.11. The largest absolute Gasteiger partial charge is 0.302 e. The minimum Gasteiger partial charge on any atom is -0.302 e. The molecule has 4 heterocycles. The first-order chi connectivity index (χ1) is 13.1. The maximum absolute atomic E-state index is 4.87. The van der Waals surface area contributed by atoms with Crippen molar-refractivity contribution in [2.75, 3.05) is 13.6 Å². The van der Waals surface area contributed by atoms with Crippen LogP contribution in [0.25, 0.3) is 27.2 Å². The van der Waals surface area contributed by atoms with Crippen molar-refractivity contribution in [1.29, 1.82) is 0 Å². The summed E-state index contributed by atoms with van der Waals surface area (Å²) in [4.78, 5) is 8.59. The van der Waals surface area contributed by atoms with E-state index in [1.807, 2.05) is 6.20 Å². The van der Waals surface area contributed by atoms with E-state index in [0.717, 1.165) is 25.3 Å². The predicted octanol–water partition coefficient (Wildman–Crippen LogP) is 5.36. The van der Waals surface area contributed by atoms with Crippen LogP contribution in [0.2, 0.25) is 0 Å². The third-order valence-electron chi connectivity index (χ3n) is 5.60. The molecule has 0 saturated heterocycles. The van der Waals surface area contributed by atoms with Gasteiger partial charge in [-0.15, -0.1) is 11.3 Å². The summed E-state index contributed by atoms with van der Waals surface area (Å²) in [5.41, 5.74) is 7.98. The Hall–Kier alpha value is -2.43. The summed E-state index contributed by atoms with van der Waals surface area (Å²) in [6.45, 7) is 6.43. The predicted molar refractivity (Wildman–Crippen MR) is 114 cm³/mol. The highest BCUT2D eigenvalue weighted by Crippen LogP contribution is 2.34. The molecule has 0 bridgehead atoms. The van der Waals surface area contributed by atoms with Gasteiger partial charge >= 0.3 is 0 Å². The molecule has 1 aliphatic rings. The van der Waals surface area contributed by atoms with Crippen LogP contribution in [0.4, 0.5) is 0 Å². The molecule has 0 amide bonds. The van der Waals surface area contributed by atoms with Gasteiger partial charge in [0.25, 0.3) is 0 Å².